The lowest BCUT2D eigenvalue weighted by molar-refractivity contribution is 0.304. The Balaban J connectivity index is 1.86. The summed E-state index contributed by atoms with van der Waals surface area (Å²) in [6.07, 6.45) is 1.01. The lowest BCUT2D eigenvalue weighted by atomic mass is 10.3. The summed E-state index contributed by atoms with van der Waals surface area (Å²) in [6, 6.07) is 11.7. The van der Waals surface area contributed by atoms with Crippen LogP contribution in [-0.2, 0) is 6.61 Å². The smallest absolute Gasteiger partial charge is 0.122 e. The molecule has 2 rings (SSSR count). The first-order valence-corrected chi connectivity index (χ1v) is 7.76. The van der Waals surface area contributed by atoms with E-state index in [0.717, 1.165) is 34.3 Å². The monoisotopic (exact) mass is 301 g/mol. The van der Waals surface area contributed by atoms with Gasteiger partial charge in [-0.3, -0.25) is 0 Å². The van der Waals surface area contributed by atoms with Crippen molar-refractivity contribution in [3.8, 4) is 23.3 Å². The lowest BCUT2D eigenvalue weighted by Gasteiger charge is -2.07. The topological polar surface area (TPSA) is 44.5 Å². The molecule has 3 nitrogen and oxygen atoms in total. The van der Waals surface area contributed by atoms with Gasteiger partial charge >= 0.3 is 0 Å². The van der Waals surface area contributed by atoms with E-state index in [9.17, 15) is 0 Å². The Morgan fingerprint density at radius 2 is 1.76 bits per heavy atom. The van der Waals surface area contributed by atoms with Crippen LogP contribution in [0.1, 0.15) is 23.1 Å². The van der Waals surface area contributed by atoms with Crippen LogP contribution in [0, 0.1) is 11.8 Å². The first-order valence-electron chi connectivity index (χ1n) is 6.95. The minimum atomic E-state index is 0.385. The Labute approximate surface area is 129 Å². The van der Waals surface area contributed by atoms with Crippen molar-refractivity contribution in [2.75, 3.05) is 13.2 Å². The second kappa shape index (κ2) is 8.35. The highest BCUT2D eigenvalue weighted by Gasteiger charge is 2.00. The number of rotatable bonds is 6. The number of benzene rings is 1. The molecule has 0 aliphatic heterocycles. The van der Waals surface area contributed by atoms with Crippen LogP contribution >= 0.6 is 11.3 Å². The molecule has 0 amide bonds. The Morgan fingerprint density at radius 3 is 2.43 bits per heavy atom. The number of hydrogen-bond acceptors (Lipinski definition) is 4. The summed E-state index contributed by atoms with van der Waals surface area (Å²) in [4.78, 5) is 2.16. The maximum Gasteiger partial charge on any atom is 0.122 e. The van der Waals surface area contributed by atoms with Gasteiger partial charge in [-0.25, -0.2) is 0 Å². The van der Waals surface area contributed by atoms with E-state index in [1.165, 1.54) is 0 Å². The van der Waals surface area contributed by atoms with Crippen LogP contribution in [0.3, 0.4) is 0 Å². The molecule has 110 valence electrons. The third-order valence-corrected chi connectivity index (χ3v) is 3.63. The molecule has 0 bridgehead atoms. The fourth-order valence-electron chi connectivity index (χ4n) is 1.67. The molecule has 0 saturated heterocycles. The molecule has 0 atom stereocenters. The van der Waals surface area contributed by atoms with Crippen LogP contribution < -0.4 is 15.2 Å². The van der Waals surface area contributed by atoms with Crippen LogP contribution in [0.4, 0.5) is 0 Å². The third kappa shape index (κ3) is 5.14. The minimum Gasteiger partial charge on any atom is -0.494 e. The molecule has 0 aliphatic rings. The summed E-state index contributed by atoms with van der Waals surface area (Å²) < 4.78 is 11.3. The summed E-state index contributed by atoms with van der Waals surface area (Å²) in [5.74, 6) is 7.58. The molecule has 2 N–H and O–H groups in total. The van der Waals surface area contributed by atoms with Crippen LogP contribution in [0.2, 0.25) is 0 Å². The normalized spacial score (nSPS) is 9.81. The minimum absolute atomic E-state index is 0.385. The van der Waals surface area contributed by atoms with E-state index in [4.69, 9.17) is 15.2 Å². The highest BCUT2D eigenvalue weighted by molar-refractivity contribution is 7.12. The van der Waals surface area contributed by atoms with E-state index in [-0.39, 0.29) is 0 Å². The van der Waals surface area contributed by atoms with Gasteiger partial charge in [0.25, 0.3) is 0 Å². The molecule has 21 heavy (non-hydrogen) atoms. The molecule has 1 aromatic heterocycles. The van der Waals surface area contributed by atoms with Gasteiger partial charge in [0.05, 0.1) is 18.0 Å². The van der Waals surface area contributed by atoms with Gasteiger partial charge in [0, 0.05) is 4.88 Å². The molecule has 0 aliphatic carbocycles. The van der Waals surface area contributed by atoms with E-state index >= 15 is 0 Å². The van der Waals surface area contributed by atoms with Crippen molar-refractivity contribution < 1.29 is 9.47 Å². The summed E-state index contributed by atoms with van der Waals surface area (Å²) in [5.41, 5.74) is 5.36. The average Bonchev–Trinajstić information content (AvgIpc) is 2.98. The van der Waals surface area contributed by atoms with Gasteiger partial charge in [-0.15, -0.1) is 11.3 Å². The van der Waals surface area contributed by atoms with E-state index < -0.39 is 0 Å². The summed E-state index contributed by atoms with van der Waals surface area (Å²) in [6.45, 7) is 3.76. The van der Waals surface area contributed by atoms with Crippen LogP contribution in [0.15, 0.2) is 36.4 Å². The molecular weight excluding hydrogens is 282 g/mol. The fraction of sp³-hybridized carbons (Fsp3) is 0.294. The van der Waals surface area contributed by atoms with Crippen molar-refractivity contribution in [2.45, 2.75) is 20.0 Å². The Morgan fingerprint density at radius 1 is 1.05 bits per heavy atom. The summed E-state index contributed by atoms with van der Waals surface area (Å²) >= 11 is 1.63. The van der Waals surface area contributed by atoms with Gasteiger partial charge in [-0.05, 0) is 42.8 Å². The maximum absolute atomic E-state index is 5.75. The van der Waals surface area contributed by atoms with E-state index in [2.05, 4.69) is 18.8 Å². The van der Waals surface area contributed by atoms with Crippen molar-refractivity contribution in [3.63, 3.8) is 0 Å². The second-order valence-electron chi connectivity index (χ2n) is 4.38. The highest BCUT2D eigenvalue weighted by Crippen LogP contribution is 2.21. The van der Waals surface area contributed by atoms with E-state index in [1.54, 1.807) is 11.3 Å². The maximum atomic E-state index is 5.75. The van der Waals surface area contributed by atoms with E-state index in [0.29, 0.717) is 13.2 Å². The van der Waals surface area contributed by atoms with Crippen molar-refractivity contribution in [3.05, 3.63) is 46.2 Å². The zero-order valence-corrected chi connectivity index (χ0v) is 12.9. The van der Waals surface area contributed by atoms with E-state index in [1.807, 2.05) is 36.4 Å². The SMILES string of the molecule is CCCOc1ccc(OCc2ccc(C#CCN)s2)cc1. The molecule has 0 fully saturated rings. The van der Waals surface area contributed by atoms with Gasteiger partial charge in [-0.2, -0.15) is 0 Å². The largest absolute Gasteiger partial charge is 0.494 e. The zero-order chi connectivity index (χ0) is 14.9. The van der Waals surface area contributed by atoms with Crippen molar-refractivity contribution >= 4 is 11.3 Å². The van der Waals surface area contributed by atoms with Crippen LogP contribution in [0.5, 0.6) is 11.5 Å². The molecule has 0 spiro atoms. The van der Waals surface area contributed by atoms with Crippen LogP contribution in [-0.4, -0.2) is 13.2 Å². The van der Waals surface area contributed by atoms with Gasteiger partial charge in [-0.1, -0.05) is 18.8 Å². The Bertz CT molecular complexity index is 608. The molecule has 0 saturated carbocycles. The molecule has 0 unspecified atom stereocenters. The second-order valence-corrected chi connectivity index (χ2v) is 5.55. The lowest BCUT2D eigenvalue weighted by Crippen LogP contribution is -1.95. The van der Waals surface area contributed by atoms with Crippen molar-refractivity contribution in [1.82, 2.24) is 0 Å². The number of thiophene rings is 1. The predicted molar refractivity (Wildman–Crippen MR) is 86.8 cm³/mol. The quantitative estimate of drug-likeness (QED) is 0.831. The first kappa shape index (κ1) is 15.4. The third-order valence-electron chi connectivity index (χ3n) is 2.65. The van der Waals surface area contributed by atoms with Gasteiger partial charge in [0.2, 0.25) is 0 Å². The first-order chi connectivity index (χ1) is 10.3. The number of hydrogen-bond donors (Lipinski definition) is 1. The molecule has 0 radical (unpaired) electrons. The van der Waals surface area contributed by atoms with Gasteiger partial charge in [0.1, 0.15) is 18.1 Å². The number of ether oxygens (including phenoxy) is 2. The standard InChI is InChI=1S/C17H19NO2S/c1-2-12-19-14-5-7-15(8-6-14)20-13-17-10-9-16(21-17)4-3-11-18/h5-10H,2,11-13,18H2,1H3. The Hall–Kier alpha value is -1.96. The fourth-order valence-corrected chi connectivity index (χ4v) is 2.46. The van der Waals surface area contributed by atoms with Crippen LogP contribution in [0.25, 0.3) is 0 Å². The molecule has 1 aromatic carbocycles. The highest BCUT2D eigenvalue weighted by atomic mass is 32.1. The van der Waals surface area contributed by atoms with Crippen molar-refractivity contribution in [2.24, 2.45) is 5.73 Å². The van der Waals surface area contributed by atoms with Gasteiger partial charge in [0.15, 0.2) is 0 Å². The van der Waals surface area contributed by atoms with Crippen molar-refractivity contribution in [1.29, 1.82) is 0 Å². The number of nitrogens with two attached hydrogens (primary N) is 1. The molecular formula is C17H19NO2S. The predicted octanol–water partition coefficient (Wildman–Crippen LogP) is 3.43. The van der Waals surface area contributed by atoms with Gasteiger partial charge < -0.3 is 15.2 Å². The average molecular weight is 301 g/mol. The molecule has 2 aromatic rings. The summed E-state index contributed by atoms with van der Waals surface area (Å²) in [5, 5.41) is 0. The summed E-state index contributed by atoms with van der Waals surface area (Å²) in [7, 11) is 0. The molecule has 4 heteroatoms. The molecule has 1 heterocycles. The zero-order valence-electron chi connectivity index (χ0n) is 12.1. The Kier molecular flexibility index (Phi) is 6.14.